The van der Waals surface area contributed by atoms with Gasteiger partial charge in [0.2, 0.25) is 15.9 Å². The quantitative estimate of drug-likeness (QED) is 0.731. The molecule has 0 unspecified atom stereocenters. The van der Waals surface area contributed by atoms with Crippen LogP contribution in [-0.4, -0.2) is 31.7 Å². The van der Waals surface area contributed by atoms with Crippen molar-refractivity contribution in [1.82, 2.24) is 4.31 Å². The van der Waals surface area contributed by atoms with Crippen molar-refractivity contribution in [2.75, 3.05) is 18.4 Å². The van der Waals surface area contributed by atoms with E-state index in [1.54, 1.807) is 30.3 Å². The highest BCUT2D eigenvalue weighted by Crippen LogP contribution is 2.27. The zero-order valence-corrected chi connectivity index (χ0v) is 19.0. The Morgan fingerprint density at radius 3 is 2.17 bits per heavy atom. The lowest BCUT2D eigenvalue weighted by atomic mass is 9.97. The van der Waals surface area contributed by atoms with E-state index < -0.39 is 10.0 Å². The minimum absolute atomic E-state index is 0.0825. The minimum Gasteiger partial charge on any atom is -0.326 e. The molecule has 0 aliphatic carbocycles. The van der Waals surface area contributed by atoms with Crippen molar-refractivity contribution in [3.05, 3.63) is 58.6 Å². The van der Waals surface area contributed by atoms with Crippen LogP contribution in [0.15, 0.2) is 47.4 Å². The standard InChI is InChI=1S/C20H23ClN2O3S.C2H6/c1-14-3-8-19(15(2)13-14)27(25,26)23-11-9-16(10-12-23)20(24)22-18-6-4-17(21)5-7-18;1-2/h3-8,13,16H,9-12H2,1-2H3,(H,22,24);1-2H3. The van der Waals surface area contributed by atoms with Gasteiger partial charge in [0.1, 0.15) is 0 Å². The number of sulfonamides is 1. The van der Waals surface area contributed by atoms with Crippen molar-refractivity contribution >= 4 is 33.2 Å². The van der Waals surface area contributed by atoms with Crippen LogP contribution in [0.25, 0.3) is 0 Å². The van der Waals surface area contributed by atoms with Gasteiger partial charge in [0, 0.05) is 29.7 Å². The average Bonchev–Trinajstić information content (AvgIpc) is 2.71. The van der Waals surface area contributed by atoms with Crippen LogP contribution >= 0.6 is 11.6 Å². The highest BCUT2D eigenvalue weighted by atomic mass is 35.5. The molecule has 1 heterocycles. The summed E-state index contributed by atoms with van der Waals surface area (Å²) in [5.41, 5.74) is 2.47. The Morgan fingerprint density at radius 2 is 1.62 bits per heavy atom. The summed E-state index contributed by atoms with van der Waals surface area (Å²) in [5, 5.41) is 3.48. The van der Waals surface area contributed by atoms with E-state index in [1.807, 2.05) is 39.8 Å². The smallest absolute Gasteiger partial charge is 0.243 e. The van der Waals surface area contributed by atoms with Gasteiger partial charge in [-0.3, -0.25) is 4.79 Å². The first-order chi connectivity index (χ1) is 13.8. The fourth-order valence-corrected chi connectivity index (χ4v) is 5.17. The molecule has 1 aliphatic rings. The number of nitrogens with zero attached hydrogens (tertiary/aromatic N) is 1. The number of nitrogens with one attached hydrogen (secondary N) is 1. The first-order valence-electron chi connectivity index (χ1n) is 9.91. The predicted molar refractivity (Wildman–Crippen MR) is 119 cm³/mol. The zero-order valence-electron chi connectivity index (χ0n) is 17.4. The molecule has 2 aromatic rings. The number of piperidine rings is 1. The second-order valence-electron chi connectivity index (χ2n) is 6.94. The molecule has 29 heavy (non-hydrogen) atoms. The van der Waals surface area contributed by atoms with Gasteiger partial charge in [0.25, 0.3) is 0 Å². The van der Waals surface area contributed by atoms with Gasteiger partial charge in [-0.1, -0.05) is 43.1 Å². The van der Waals surface area contributed by atoms with Gasteiger partial charge in [-0.15, -0.1) is 0 Å². The normalized spacial score (nSPS) is 15.3. The molecular formula is C22H29ClN2O3S. The Kier molecular flexibility index (Phi) is 8.25. The van der Waals surface area contributed by atoms with Gasteiger partial charge in [-0.05, 0) is 62.6 Å². The van der Waals surface area contributed by atoms with Gasteiger partial charge in [-0.2, -0.15) is 4.31 Å². The SMILES string of the molecule is CC.Cc1ccc(S(=O)(=O)N2CCC(C(=O)Nc3ccc(Cl)cc3)CC2)c(C)c1. The first kappa shape index (κ1) is 23.4. The van der Waals surface area contributed by atoms with E-state index in [4.69, 9.17) is 11.6 Å². The van der Waals surface area contributed by atoms with Crippen molar-refractivity contribution in [3.63, 3.8) is 0 Å². The Bertz CT molecular complexity index is 935. The number of hydrogen-bond acceptors (Lipinski definition) is 3. The summed E-state index contributed by atoms with van der Waals surface area (Å²) in [4.78, 5) is 12.8. The Balaban J connectivity index is 0.00000145. The maximum Gasteiger partial charge on any atom is 0.243 e. The third-order valence-corrected chi connectivity index (χ3v) is 7.20. The molecule has 0 saturated carbocycles. The number of halogens is 1. The zero-order chi connectivity index (χ0) is 21.6. The number of benzene rings is 2. The second-order valence-corrected chi connectivity index (χ2v) is 9.29. The summed E-state index contributed by atoms with van der Waals surface area (Å²) in [6.07, 6.45) is 1.01. The summed E-state index contributed by atoms with van der Waals surface area (Å²) in [7, 11) is -3.54. The lowest BCUT2D eigenvalue weighted by molar-refractivity contribution is -0.120. The average molecular weight is 437 g/mol. The van der Waals surface area contributed by atoms with Crippen LogP contribution in [0.5, 0.6) is 0 Å². The third kappa shape index (κ3) is 5.81. The minimum atomic E-state index is -3.54. The van der Waals surface area contributed by atoms with E-state index in [-0.39, 0.29) is 11.8 Å². The predicted octanol–water partition coefficient (Wildman–Crippen LogP) is 5.02. The maximum absolute atomic E-state index is 12.9. The largest absolute Gasteiger partial charge is 0.326 e. The molecule has 1 fully saturated rings. The third-order valence-electron chi connectivity index (χ3n) is 4.88. The molecule has 1 amide bonds. The van der Waals surface area contributed by atoms with Crippen molar-refractivity contribution in [2.45, 2.75) is 45.4 Å². The van der Waals surface area contributed by atoms with Gasteiger partial charge >= 0.3 is 0 Å². The van der Waals surface area contributed by atoms with Crippen LogP contribution in [0, 0.1) is 19.8 Å². The summed E-state index contributed by atoms with van der Waals surface area (Å²) < 4.78 is 27.3. The Labute approximate surface area is 179 Å². The van der Waals surface area contributed by atoms with E-state index in [1.165, 1.54) is 4.31 Å². The number of carbonyl (C=O) groups excluding carboxylic acids is 1. The molecule has 1 aliphatic heterocycles. The van der Waals surface area contributed by atoms with E-state index in [2.05, 4.69) is 5.32 Å². The van der Waals surface area contributed by atoms with Crippen LogP contribution in [0.2, 0.25) is 5.02 Å². The summed E-state index contributed by atoms with van der Waals surface area (Å²) >= 11 is 5.85. The number of aryl methyl sites for hydroxylation is 2. The molecule has 0 bridgehead atoms. The fraction of sp³-hybridized carbons (Fsp3) is 0.409. The van der Waals surface area contributed by atoms with Crippen molar-refractivity contribution < 1.29 is 13.2 Å². The van der Waals surface area contributed by atoms with E-state index in [0.29, 0.717) is 41.5 Å². The molecule has 0 aromatic heterocycles. The lowest BCUT2D eigenvalue weighted by Crippen LogP contribution is -2.41. The molecule has 7 heteroatoms. The van der Waals surface area contributed by atoms with Crippen molar-refractivity contribution in [1.29, 1.82) is 0 Å². The Hall–Kier alpha value is -1.89. The molecule has 158 valence electrons. The van der Waals surface area contributed by atoms with Crippen LogP contribution in [0.1, 0.15) is 37.8 Å². The number of rotatable bonds is 4. The van der Waals surface area contributed by atoms with E-state index in [9.17, 15) is 13.2 Å². The van der Waals surface area contributed by atoms with E-state index in [0.717, 1.165) is 11.1 Å². The summed E-state index contributed by atoms with van der Waals surface area (Å²) in [6.45, 7) is 8.43. The monoisotopic (exact) mass is 436 g/mol. The molecule has 2 aromatic carbocycles. The second kappa shape index (κ2) is 10.2. The molecule has 3 rings (SSSR count). The topological polar surface area (TPSA) is 66.5 Å². The Morgan fingerprint density at radius 1 is 1.03 bits per heavy atom. The van der Waals surface area contributed by atoms with Crippen molar-refractivity contribution in [2.24, 2.45) is 5.92 Å². The molecule has 0 radical (unpaired) electrons. The maximum atomic E-state index is 12.9. The van der Waals surface area contributed by atoms with Crippen LogP contribution < -0.4 is 5.32 Å². The number of amides is 1. The number of anilines is 1. The van der Waals surface area contributed by atoms with Gasteiger partial charge in [0.05, 0.1) is 4.90 Å². The van der Waals surface area contributed by atoms with Crippen molar-refractivity contribution in [3.8, 4) is 0 Å². The van der Waals surface area contributed by atoms with Gasteiger partial charge < -0.3 is 5.32 Å². The molecule has 0 spiro atoms. The molecular weight excluding hydrogens is 408 g/mol. The van der Waals surface area contributed by atoms with E-state index >= 15 is 0 Å². The number of carbonyl (C=O) groups is 1. The first-order valence-corrected chi connectivity index (χ1v) is 11.7. The van der Waals surface area contributed by atoms with Gasteiger partial charge in [-0.25, -0.2) is 8.42 Å². The highest BCUT2D eigenvalue weighted by molar-refractivity contribution is 7.89. The molecule has 1 saturated heterocycles. The number of hydrogen-bond donors (Lipinski definition) is 1. The molecule has 0 atom stereocenters. The van der Waals surface area contributed by atoms with Crippen LogP contribution in [0.3, 0.4) is 0 Å². The summed E-state index contributed by atoms with van der Waals surface area (Å²) in [5.74, 6) is -0.285. The van der Waals surface area contributed by atoms with Gasteiger partial charge in [0.15, 0.2) is 0 Å². The summed E-state index contributed by atoms with van der Waals surface area (Å²) in [6, 6.07) is 12.3. The van der Waals surface area contributed by atoms with Crippen LogP contribution in [0.4, 0.5) is 5.69 Å². The highest BCUT2D eigenvalue weighted by Gasteiger charge is 2.32. The molecule has 1 N–H and O–H groups in total. The molecule has 5 nitrogen and oxygen atoms in total. The van der Waals surface area contributed by atoms with Crippen LogP contribution in [-0.2, 0) is 14.8 Å². The fourth-order valence-electron chi connectivity index (χ4n) is 3.36. The lowest BCUT2D eigenvalue weighted by Gasteiger charge is -2.31.